The van der Waals surface area contributed by atoms with Crippen molar-refractivity contribution in [1.29, 1.82) is 0 Å². The molecule has 2 atom stereocenters. The summed E-state index contributed by atoms with van der Waals surface area (Å²) in [6.07, 6.45) is 4.40. The fraction of sp³-hybridized carbons (Fsp3) is 0.438. The van der Waals surface area contributed by atoms with E-state index in [0.29, 0.717) is 11.5 Å². The molecule has 1 saturated carbocycles. The lowest BCUT2D eigenvalue weighted by Gasteiger charge is -2.31. The molecule has 0 unspecified atom stereocenters. The molecular formula is C16H20O2. The maximum absolute atomic E-state index is 11.7. The molecule has 0 heterocycles. The number of carbonyl (C=O) groups excluding carboxylic acids is 1. The first-order chi connectivity index (χ1) is 8.68. The van der Waals surface area contributed by atoms with E-state index in [9.17, 15) is 4.79 Å². The van der Waals surface area contributed by atoms with Gasteiger partial charge in [0.1, 0.15) is 6.10 Å². The Kier molecular flexibility index (Phi) is 4.19. The van der Waals surface area contributed by atoms with Crippen LogP contribution in [-0.2, 0) is 9.53 Å². The largest absolute Gasteiger partial charge is 0.458 e. The van der Waals surface area contributed by atoms with E-state index >= 15 is 0 Å². The second-order valence-electron chi connectivity index (χ2n) is 5.03. The van der Waals surface area contributed by atoms with Crippen LogP contribution in [0.4, 0.5) is 0 Å². The first kappa shape index (κ1) is 12.9. The van der Waals surface area contributed by atoms with Crippen molar-refractivity contribution in [2.24, 2.45) is 0 Å². The van der Waals surface area contributed by atoms with Crippen molar-refractivity contribution in [2.75, 3.05) is 0 Å². The average molecular weight is 244 g/mol. The minimum Gasteiger partial charge on any atom is -0.458 e. The Bertz CT molecular complexity index is 422. The third kappa shape index (κ3) is 3.00. The van der Waals surface area contributed by atoms with Crippen LogP contribution in [0.1, 0.15) is 44.1 Å². The van der Waals surface area contributed by atoms with E-state index < -0.39 is 0 Å². The first-order valence-corrected chi connectivity index (χ1v) is 6.60. The maximum atomic E-state index is 11.7. The van der Waals surface area contributed by atoms with E-state index in [1.807, 2.05) is 18.2 Å². The summed E-state index contributed by atoms with van der Waals surface area (Å²) >= 11 is 0. The van der Waals surface area contributed by atoms with Gasteiger partial charge in [0.05, 0.1) is 0 Å². The standard InChI is InChI=1S/C16H20O2/c1-12(2)16(17)18-15-11-7-6-10-14(15)13-8-4-3-5-9-13/h3-5,8-9,14-15H,1,6-7,10-11H2,2H3/t14-,15+/m0/s1. The second kappa shape index (κ2) is 5.85. The Balaban J connectivity index is 2.11. The predicted octanol–water partition coefficient (Wildman–Crippen LogP) is 3.83. The molecule has 0 amide bonds. The van der Waals surface area contributed by atoms with Crippen LogP contribution in [0.3, 0.4) is 0 Å². The highest BCUT2D eigenvalue weighted by molar-refractivity contribution is 5.87. The van der Waals surface area contributed by atoms with Crippen molar-refractivity contribution in [3.63, 3.8) is 0 Å². The molecule has 1 aromatic carbocycles. The quantitative estimate of drug-likeness (QED) is 0.596. The minimum atomic E-state index is -0.261. The second-order valence-corrected chi connectivity index (χ2v) is 5.03. The zero-order valence-corrected chi connectivity index (χ0v) is 10.9. The SMILES string of the molecule is C=C(C)C(=O)O[C@@H]1CCCC[C@H]1c1ccccc1. The van der Waals surface area contributed by atoms with Crippen molar-refractivity contribution in [1.82, 2.24) is 0 Å². The van der Waals surface area contributed by atoms with E-state index in [4.69, 9.17) is 4.74 Å². The monoisotopic (exact) mass is 244 g/mol. The number of carbonyl (C=O) groups is 1. The average Bonchev–Trinajstić information content (AvgIpc) is 2.40. The lowest BCUT2D eigenvalue weighted by Crippen LogP contribution is -2.28. The molecule has 0 bridgehead atoms. The molecular weight excluding hydrogens is 224 g/mol. The van der Waals surface area contributed by atoms with Gasteiger partial charge < -0.3 is 4.74 Å². The highest BCUT2D eigenvalue weighted by Crippen LogP contribution is 2.35. The topological polar surface area (TPSA) is 26.3 Å². The lowest BCUT2D eigenvalue weighted by molar-refractivity contribution is -0.146. The van der Waals surface area contributed by atoms with E-state index in [0.717, 1.165) is 19.3 Å². The number of benzene rings is 1. The van der Waals surface area contributed by atoms with Gasteiger partial charge in [-0.1, -0.05) is 43.3 Å². The van der Waals surface area contributed by atoms with Gasteiger partial charge in [-0.2, -0.15) is 0 Å². The van der Waals surface area contributed by atoms with Crippen LogP contribution in [0, 0.1) is 0 Å². The molecule has 2 heteroatoms. The van der Waals surface area contributed by atoms with Crippen molar-refractivity contribution in [2.45, 2.75) is 44.6 Å². The van der Waals surface area contributed by atoms with Crippen LogP contribution in [0.15, 0.2) is 42.5 Å². The zero-order valence-electron chi connectivity index (χ0n) is 10.9. The third-order valence-corrected chi connectivity index (χ3v) is 3.54. The number of ether oxygens (including phenoxy) is 1. The number of hydrogen-bond acceptors (Lipinski definition) is 2. The van der Waals surface area contributed by atoms with Gasteiger partial charge in [-0.05, 0) is 31.7 Å². The van der Waals surface area contributed by atoms with E-state index in [2.05, 4.69) is 18.7 Å². The summed E-state index contributed by atoms with van der Waals surface area (Å²) in [5.74, 6) is 0.0751. The van der Waals surface area contributed by atoms with Crippen LogP contribution < -0.4 is 0 Å². The highest BCUT2D eigenvalue weighted by atomic mass is 16.5. The smallest absolute Gasteiger partial charge is 0.333 e. The van der Waals surface area contributed by atoms with Crippen molar-refractivity contribution >= 4 is 5.97 Å². The van der Waals surface area contributed by atoms with Crippen molar-refractivity contribution < 1.29 is 9.53 Å². The van der Waals surface area contributed by atoms with Gasteiger partial charge >= 0.3 is 5.97 Å². The third-order valence-electron chi connectivity index (χ3n) is 3.54. The summed E-state index contributed by atoms with van der Waals surface area (Å²) < 4.78 is 5.58. The molecule has 96 valence electrons. The molecule has 1 aliphatic carbocycles. The molecule has 2 nitrogen and oxygen atoms in total. The first-order valence-electron chi connectivity index (χ1n) is 6.60. The Morgan fingerprint density at radius 2 is 1.89 bits per heavy atom. The summed E-state index contributed by atoms with van der Waals surface area (Å²) in [4.78, 5) is 11.7. The van der Waals surface area contributed by atoms with Crippen LogP contribution in [-0.4, -0.2) is 12.1 Å². The molecule has 1 aromatic rings. The Morgan fingerprint density at radius 3 is 2.56 bits per heavy atom. The molecule has 0 aliphatic heterocycles. The van der Waals surface area contributed by atoms with Gasteiger partial charge in [0.2, 0.25) is 0 Å². The highest BCUT2D eigenvalue weighted by Gasteiger charge is 2.29. The molecule has 0 radical (unpaired) electrons. The number of esters is 1. The van der Waals surface area contributed by atoms with Crippen molar-refractivity contribution in [3.05, 3.63) is 48.0 Å². The molecule has 0 N–H and O–H groups in total. The predicted molar refractivity (Wildman–Crippen MR) is 72.3 cm³/mol. The van der Waals surface area contributed by atoms with Gasteiger partial charge in [-0.15, -0.1) is 0 Å². The van der Waals surface area contributed by atoms with E-state index in [1.54, 1.807) is 6.92 Å². The van der Waals surface area contributed by atoms with Gasteiger partial charge in [0, 0.05) is 11.5 Å². The molecule has 1 aliphatic rings. The fourth-order valence-electron chi connectivity index (χ4n) is 2.56. The summed E-state index contributed by atoms with van der Waals surface area (Å²) in [7, 11) is 0. The summed E-state index contributed by atoms with van der Waals surface area (Å²) in [6, 6.07) is 10.3. The molecule has 0 aromatic heterocycles. The maximum Gasteiger partial charge on any atom is 0.333 e. The van der Waals surface area contributed by atoms with E-state index in [-0.39, 0.29) is 12.1 Å². The molecule has 2 rings (SSSR count). The van der Waals surface area contributed by atoms with Gasteiger partial charge in [-0.25, -0.2) is 4.79 Å². The van der Waals surface area contributed by atoms with Gasteiger partial charge in [-0.3, -0.25) is 0 Å². The number of rotatable bonds is 3. The number of hydrogen-bond donors (Lipinski definition) is 0. The Hall–Kier alpha value is -1.57. The lowest BCUT2D eigenvalue weighted by atomic mass is 9.81. The molecule has 1 fully saturated rings. The Morgan fingerprint density at radius 1 is 1.22 bits per heavy atom. The van der Waals surface area contributed by atoms with Crippen LogP contribution >= 0.6 is 0 Å². The molecule has 0 saturated heterocycles. The van der Waals surface area contributed by atoms with Gasteiger partial charge in [0.25, 0.3) is 0 Å². The van der Waals surface area contributed by atoms with E-state index in [1.165, 1.54) is 12.0 Å². The summed E-state index contributed by atoms with van der Waals surface area (Å²) in [5.41, 5.74) is 1.75. The fourth-order valence-corrected chi connectivity index (χ4v) is 2.56. The van der Waals surface area contributed by atoms with Crippen LogP contribution in [0.2, 0.25) is 0 Å². The van der Waals surface area contributed by atoms with Crippen LogP contribution in [0.25, 0.3) is 0 Å². The summed E-state index contributed by atoms with van der Waals surface area (Å²) in [6.45, 7) is 5.34. The minimum absolute atomic E-state index is 0.00495. The van der Waals surface area contributed by atoms with Crippen LogP contribution in [0.5, 0.6) is 0 Å². The molecule has 18 heavy (non-hydrogen) atoms. The zero-order chi connectivity index (χ0) is 13.0. The normalized spacial score (nSPS) is 23.4. The van der Waals surface area contributed by atoms with Crippen molar-refractivity contribution in [3.8, 4) is 0 Å². The Labute approximate surface area is 109 Å². The summed E-state index contributed by atoms with van der Waals surface area (Å²) in [5, 5.41) is 0. The molecule has 0 spiro atoms. The van der Waals surface area contributed by atoms with Gasteiger partial charge in [0.15, 0.2) is 0 Å².